The minimum atomic E-state index is -0.918. The maximum Gasteiger partial charge on any atom is 0.303 e. The molecule has 2 aromatic rings. The van der Waals surface area contributed by atoms with E-state index in [1.165, 1.54) is 0 Å². The first-order valence-electron chi connectivity index (χ1n) is 7.73. The number of carboxylic acid groups (broad SMARTS) is 1. The highest BCUT2D eigenvalue weighted by Crippen LogP contribution is 2.24. The topological polar surface area (TPSA) is 75.6 Å². The van der Waals surface area contributed by atoms with E-state index in [1.807, 2.05) is 48.5 Å². The molecule has 0 saturated carbocycles. The summed E-state index contributed by atoms with van der Waals surface area (Å²) < 4.78 is 5.08. The normalized spacial score (nSPS) is 11.7. The van der Waals surface area contributed by atoms with E-state index >= 15 is 0 Å². The molecule has 126 valence electrons. The number of anilines is 1. The van der Waals surface area contributed by atoms with Crippen LogP contribution in [0.1, 0.15) is 29.9 Å². The van der Waals surface area contributed by atoms with Gasteiger partial charge in [0.2, 0.25) is 5.91 Å². The van der Waals surface area contributed by atoms with Crippen molar-refractivity contribution in [3.8, 4) is 0 Å². The number of hydrogen-bond donors (Lipinski definition) is 2. The predicted molar refractivity (Wildman–Crippen MR) is 91.8 cm³/mol. The maximum atomic E-state index is 12.3. The average molecular weight is 327 g/mol. The Morgan fingerprint density at radius 3 is 2.50 bits per heavy atom. The van der Waals surface area contributed by atoms with Gasteiger partial charge in [0.1, 0.15) is 0 Å². The zero-order chi connectivity index (χ0) is 17.4. The lowest BCUT2D eigenvalue weighted by molar-refractivity contribution is -0.137. The minimum Gasteiger partial charge on any atom is -0.481 e. The van der Waals surface area contributed by atoms with Crippen molar-refractivity contribution in [3.05, 3.63) is 65.7 Å². The number of aliphatic carboxylic acids is 1. The summed E-state index contributed by atoms with van der Waals surface area (Å²) in [6.45, 7) is 0.468. The fourth-order valence-electron chi connectivity index (χ4n) is 2.59. The van der Waals surface area contributed by atoms with Crippen molar-refractivity contribution < 1.29 is 19.4 Å². The third kappa shape index (κ3) is 5.52. The Balaban J connectivity index is 2.05. The summed E-state index contributed by atoms with van der Waals surface area (Å²) in [5.74, 6) is -1.48. The molecule has 0 spiro atoms. The van der Waals surface area contributed by atoms with Gasteiger partial charge in [-0.25, -0.2) is 0 Å². The van der Waals surface area contributed by atoms with Crippen LogP contribution in [0.15, 0.2) is 54.6 Å². The Morgan fingerprint density at radius 1 is 1.08 bits per heavy atom. The highest BCUT2D eigenvalue weighted by Gasteiger charge is 2.19. The molecule has 0 fully saturated rings. The second kappa shape index (κ2) is 8.84. The van der Waals surface area contributed by atoms with Gasteiger partial charge in [0.05, 0.1) is 13.0 Å². The molecule has 0 aliphatic carbocycles. The lowest BCUT2D eigenvalue weighted by Crippen LogP contribution is -2.17. The lowest BCUT2D eigenvalue weighted by Gasteiger charge is -2.15. The molecular weight excluding hydrogens is 306 g/mol. The Kier molecular flexibility index (Phi) is 6.51. The third-order valence-electron chi connectivity index (χ3n) is 3.65. The number of rotatable bonds is 8. The molecule has 24 heavy (non-hydrogen) atoms. The van der Waals surface area contributed by atoms with Crippen LogP contribution in [0, 0.1) is 0 Å². The van der Waals surface area contributed by atoms with Crippen molar-refractivity contribution in [3.63, 3.8) is 0 Å². The van der Waals surface area contributed by atoms with Crippen LogP contribution in [0.5, 0.6) is 0 Å². The van der Waals surface area contributed by atoms with E-state index < -0.39 is 5.97 Å². The van der Waals surface area contributed by atoms with Crippen molar-refractivity contribution in [1.29, 1.82) is 0 Å². The Hall–Kier alpha value is -2.66. The molecule has 2 aromatic carbocycles. The minimum absolute atomic E-state index is 0.0822. The van der Waals surface area contributed by atoms with Crippen LogP contribution in [0.25, 0.3) is 0 Å². The third-order valence-corrected chi connectivity index (χ3v) is 3.65. The van der Waals surface area contributed by atoms with Crippen molar-refractivity contribution in [2.75, 3.05) is 12.4 Å². The van der Waals surface area contributed by atoms with Gasteiger partial charge in [-0.3, -0.25) is 9.59 Å². The number of carboxylic acids is 1. The Morgan fingerprint density at radius 2 is 1.83 bits per heavy atom. The quantitative estimate of drug-likeness (QED) is 0.779. The lowest BCUT2D eigenvalue weighted by atomic mass is 9.92. The van der Waals surface area contributed by atoms with Gasteiger partial charge < -0.3 is 15.2 Å². The van der Waals surface area contributed by atoms with Crippen LogP contribution in [-0.4, -0.2) is 24.1 Å². The van der Waals surface area contributed by atoms with E-state index in [4.69, 9.17) is 9.84 Å². The molecule has 0 aliphatic rings. The number of benzene rings is 2. The second-order valence-electron chi connectivity index (χ2n) is 5.59. The molecule has 0 aliphatic heterocycles. The van der Waals surface area contributed by atoms with Gasteiger partial charge in [0.15, 0.2) is 0 Å². The van der Waals surface area contributed by atoms with E-state index in [0.29, 0.717) is 12.3 Å². The summed E-state index contributed by atoms with van der Waals surface area (Å²) >= 11 is 0. The van der Waals surface area contributed by atoms with Gasteiger partial charge in [0, 0.05) is 25.1 Å². The van der Waals surface area contributed by atoms with Gasteiger partial charge in [-0.05, 0) is 23.3 Å². The summed E-state index contributed by atoms with van der Waals surface area (Å²) in [4.78, 5) is 23.4. The number of carbonyl (C=O) groups is 2. The summed E-state index contributed by atoms with van der Waals surface area (Å²) in [5, 5.41) is 11.9. The van der Waals surface area contributed by atoms with E-state index in [2.05, 4.69) is 5.32 Å². The second-order valence-corrected chi connectivity index (χ2v) is 5.59. The monoisotopic (exact) mass is 327 g/mol. The first-order valence-corrected chi connectivity index (χ1v) is 7.73. The van der Waals surface area contributed by atoms with E-state index in [1.54, 1.807) is 13.2 Å². The van der Waals surface area contributed by atoms with Crippen LogP contribution in [0.3, 0.4) is 0 Å². The molecule has 5 heteroatoms. The van der Waals surface area contributed by atoms with Crippen LogP contribution < -0.4 is 5.32 Å². The standard InChI is InChI=1S/C19H21NO4/c1-24-13-14-6-5-9-17(10-14)20-18(21)11-16(12-19(22)23)15-7-3-2-4-8-15/h2-10,16H,11-13H2,1H3,(H,20,21)(H,22,23)/t16-/m1/s1. The first kappa shape index (κ1) is 17.7. The SMILES string of the molecule is COCc1cccc(NC(=O)C[C@H](CC(=O)O)c2ccccc2)c1. The van der Waals surface area contributed by atoms with Gasteiger partial charge >= 0.3 is 5.97 Å². The summed E-state index contributed by atoms with van der Waals surface area (Å²) in [5.41, 5.74) is 2.49. The highest BCUT2D eigenvalue weighted by molar-refractivity contribution is 5.91. The highest BCUT2D eigenvalue weighted by atomic mass is 16.5. The molecule has 0 heterocycles. The molecule has 0 aromatic heterocycles. The maximum absolute atomic E-state index is 12.3. The van der Waals surface area contributed by atoms with Crippen LogP contribution in [0.2, 0.25) is 0 Å². The van der Waals surface area contributed by atoms with E-state index in [9.17, 15) is 9.59 Å². The summed E-state index contributed by atoms with van der Waals surface area (Å²) in [6.07, 6.45) is 0.0337. The zero-order valence-electron chi connectivity index (χ0n) is 13.6. The predicted octanol–water partition coefficient (Wildman–Crippen LogP) is 3.42. The molecule has 0 radical (unpaired) electrons. The molecule has 5 nitrogen and oxygen atoms in total. The fraction of sp³-hybridized carbons (Fsp3) is 0.263. The molecule has 1 atom stereocenters. The van der Waals surface area contributed by atoms with Crippen LogP contribution in [-0.2, 0) is 20.9 Å². The molecule has 1 amide bonds. The number of carbonyl (C=O) groups excluding carboxylic acids is 1. The molecule has 2 rings (SSSR count). The van der Waals surface area contributed by atoms with Gasteiger partial charge in [-0.15, -0.1) is 0 Å². The molecule has 0 bridgehead atoms. The van der Waals surface area contributed by atoms with Gasteiger partial charge in [-0.1, -0.05) is 42.5 Å². The van der Waals surface area contributed by atoms with Crippen molar-refractivity contribution in [1.82, 2.24) is 0 Å². The fourth-order valence-corrected chi connectivity index (χ4v) is 2.59. The molecule has 0 unspecified atom stereocenters. The number of nitrogens with one attached hydrogen (secondary N) is 1. The van der Waals surface area contributed by atoms with Crippen molar-refractivity contribution in [2.24, 2.45) is 0 Å². The van der Waals surface area contributed by atoms with Gasteiger partial charge in [0.25, 0.3) is 0 Å². The molecule has 2 N–H and O–H groups in total. The number of ether oxygens (including phenoxy) is 1. The van der Waals surface area contributed by atoms with E-state index in [-0.39, 0.29) is 24.7 Å². The zero-order valence-corrected chi connectivity index (χ0v) is 13.6. The smallest absolute Gasteiger partial charge is 0.303 e. The largest absolute Gasteiger partial charge is 0.481 e. The van der Waals surface area contributed by atoms with Crippen LogP contribution >= 0.6 is 0 Å². The number of amides is 1. The number of hydrogen-bond acceptors (Lipinski definition) is 3. The average Bonchev–Trinajstić information content (AvgIpc) is 2.55. The van der Waals surface area contributed by atoms with E-state index in [0.717, 1.165) is 11.1 Å². The number of methoxy groups -OCH3 is 1. The first-order chi connectivity index (χ1) is 11.6. The summed E-state index contributed by atoms with van der Waals surface area (Å²) in [7, 11) is 1.61. The van der Waals surface area contributed by atoms with Crippen molar-refractivity contribution >= 4 is 17.6 Å². The molecular formula is C19H21NO4. The Bertz CT molecular complexity index is 685. The van der Waals surface area contributed by atoms with Gasteiger partial charge in [-0.2, -0.15) is 0 Å². The molecule has 0 saturated heterocycles. The van der Waals surface area contributed by atoms with Crippen LogP contribution in [0.4, 0.5) is 5.69 Å². The summed E-state index contributed by atoms with van der Waals surface area (Å²) in [6, 6.07) is 16.6. The van der Waals surface area contributed by atoms with Crippen molar-refractivity contribution in [2.45, 2.75) is 25.4 Å². The Labute approximate surface area is 141 Å².